The first kappa shape index (κ1) is 15.9. The molecular weight excluding hydrogens is 261 g/mol. The lowest BCUT2D eigenvalue weighted by Gasteiger charge is -2.16. The van der Waals surface area contributed by atoms with E-state index in [4.69, 9.17) is 4.74 Å². The maximum absolute atomic E-state index is 12.5. The lowest BCUT2D eigenvalue weighted by molar-refractivity contribution is -0.147. The lowest BCUT2D eigenvalue weighted by Crippen LogP contribution is -2.42. The minimum absolute atomic E-state index is 0.0378. The number of nitrogens with one attached hydrogen (secondary N) is 1. The summed E-state index contributed by atoms with van der Waals surface area (Å²) in [5, 5.41) is 2.54. The molecule has 1 atom stereocenters. The van der Waals surface area contributed by atoms with E-state index in [1.807, 2.05) is 30.3 Å². The van der Waals surface area contributed by atoms with Gasteiger partial charge in [-0.3, -0.25) is 4.79 Å². The number of carbonyl (C=O) groups excluding carboxylic acids is 2. The van der Waals surface area contributed by atoms with Crippen LogP contribution >= 0.6 is 0 Å². The van der Waals surface area contributed by atoms with Gasteiger partial charge in [0.05, 0.1) is 12.4 Å². The van der Waals surface area contributed by atoms with Gasteiger partial charge in [-0.05, 0) is 5.56 Å². The first-order chi connectivity index (χ1) is 9.49. The van der Waals surface area contributed by atoms with Gasteiger partial charge in [0, 0.05) is 19.8 Å². The van der Waals surface area contributed by atoms with E-state index in [1.165, 1.54) is 6.92 Å². The van der Waals surface area contributed by atoms with Gasteiger partial charge in [-0.25, -0.2) is 9.18 Å². The maximum atomic E-state index is 12.5. The summed E-state index contributed by atoms with van der Waals surface area (Å²) in [6.45, 7) is 4.33. The van der Waals surface area contributed by atoms with Crippen molar-refractivity contribution in [1.29, 1.82) is 0 Å². The fourth-order valence-corrected chi connectivity index (χ4v) is 1.65. The maximum Gasteiger partial charge on any atom is 0.328 e. The molecule has 0 saturated heterocycles. The molecule has 0 bridgehead atoms. The molecule has 5 heteroatoms. The molecule has 20 heavy (non-hydrogen) atoms. The zero-order chi connectivity index (χ0) is 15.0. The molecule has 0 heterocycles. The summed E-state index contributed by atoms with van der Waals surface area (Å²) in [6.07, 6.45) is 0.291. The average molecular weight is 279 g/mol. The van der Waals surface area contributed by atoms with Gasteiger partial charge in [0.2, 0.25) is 5.91 Å². The van der Waals surface area contributed by atoms with Crippen LogP contribution < -0.4 is 5.32 Å². The number of rotatable bonds is 7. The van der Waals surface area contributed by atoms with Gasteiger partial charge in [-0.1, -0.05) is 36.9 Å². The second kappa shape index (κ2) is 8.09. The van der Waals surface area contributed by atoms with Crippen molar-refractivity contribution in [3.8, 4) is 0 Å². The number of hydrogen-bond acceptors (Lipinski definition) is 3. The van der Waals surface area contributed by atoms with E-state index >= 15 is 0 Å². The Hall–Kier alpha value is -2.17. The van der Waals surface area contributed by atoms with Gasteiger partial charge in [0.15, 0.2) is 0 Å². The van der Waals surface area contributed by atoms with Crippen LogP contribution in [0.15, 0.2) is 42.7 Å². The van der Waals surface area contributed by atoms with Crippen molar-refractivity contribution >= 4 is 11.9 Å². The summed E-state index contributed by atoms with van der Waals surface area (Å²) in [4.78, 5) is 23.0. The van der Waals surface area contributed by atoms with Crippen LogP contribution in [0.25, 0.3) is 0 Å². The molecule has 0 aliphatic rings. The molecule has 0 fully saturated rings. The monoisotopic (exact) mass is 279 g/mol. The highest BCUT2D eigenvalue weighted by molar-refractivity contribution is 5.83. The summed E-state index contributed by atoms with van der Waals surface area (Å²) < 4.78 is 17.4. The number of hydrogen-bond donors (Lipinski definition) is 1. The molecule has 1 N–H and O–H groups in total. The lowest BCUT2D eigenvalue weighted by atomic mass is 10.1. The predicted octanol–water partition coefficient (Wildman–Crippen LogP) is 2.15. The quantitative estimate of drug-likeness (QED) is 0.778. The number of halogens is 1. The fourth-order valence-electron chi connectivity index (χ4n) is 1.65. The van der Waals surface area contributed by atoms with Crippen molar-refractivity contribution < 1.29 is 18.7 Å². The second-order valence-electron chi connectivity index (χ2n) is 4.38. The van der Waals surface area contributed by atoms with E-state index in [0.717, 1.165) is 5.56 Å². The summed E-state index contributed by atoms with van der Waals surface area (Å²) >= 11 is 0. The van der Waals surface area contributed by atoms with Crippen LogP contribution in [0.4, 0.5) is 4.39 Å². The molecule has 0 radical (unpaired) electrons. The third-order valence-corrected chi connectivity index (χ3v) is 2.56. The van der Waals surface area contributed by atoms with Gasteiger partial charge in [0.1, 0.15) is 6.04 Å². The third-order valence-electron chi connectivity index (χ3n) is 2.56. The number of esters is 1. The Labute approximate surface area is 117 Å². The molecule has 0 aromatic heterocycles. The Bertz CT molecular complexity index is 473. The highest BCUT2D eigenvalue weighted by atomic mass is 19.1. The molecule has 0 spiro atoms. The van der Waals surface area contributed by atoms with Crippen molar-refractivity contribution in [2.24, 2.45) is 0 Å². The molecule has 1 aromatic carbocycles. The third kappa shape index (κ3) is 6.13. The van der Waals surface area contributed by atoms with Crippen LogP contribution in [0.2, 0.25) is 0 Å². The number of benzene rings is 1. The van der Waals surface area contributed by atoms with E-state index in [1.54, 1.807) is 0 Å². The number of amides is 1. The first-order valence-electron chi connectivity index (χ1n) is 6.30. The smallest absolute Gasteiger partial charge is 0.328 e. The van der Waals surface area contributed by atoms with E-state index in [9.17, 15) is 14.0 Å². The highest BCUT2D eigenvalue weighted by Gasteiger charge is 2.21. The molecule has 0 aliphatic carbocycles. The van der Waals surface area contributed by atoms with Crippen LogP contribution in [0, 0.1) is 0 Å². The molecule has 1 amide bonds. The van der Waals surface area contributed by atoms with Gasteiger partial charge in [0.25, 0.3) is 0 Å². The van der Waals surface area contributed by atoms with Crippen molar-refractivity contribution in [3.63, 3.8) is 0 Å². The molecule has 4 nitrogen and oxygen atoms in total. The van der Waals surface area contributed by atoms with E-state index in [-0.39, 0.29) is 18.9 Å². The van der Waals surface area contributed by atoms with Crippen molar-refractivity contribution in [3.05, 3.63) is 48.3 Å². The summed E-state index contributed by atoms with van der Waals surface area (Å²) in [5.74, 6) is -1.44. The molecule has 0 aliphatic heterocycles. The summed E-state index contributed by atoms with van der Waals surface area (Å²) in [5.41, 5.74) is 0.901. The van der Waals surface area contributed by atoms with Crippen LogP contribution in [0.1, 0.15) is 18.9 Å². The normalized spacial score (nSPS) is 11.5. The van der Waals surface area contributed by atoms with Gasteiger partial charge >= 0.3 is 5.97 Å². The Morgan fingerprint density at radius 3 is 2.55 bits per heavy atom. The van der Waals surface area contributed by atoms with E-state index in [0.29, 0.717) is 6.42 Å². The highest BCUT2D eigenvalue weighted by Crippen LogP contribution is 2.06. The largest absolute Gasteiger partial charge is 0.464 e. The molecular formula is C15H18FNO3. The first-order valence-corrected chi connectivity index (χ1v) is 6.30. The topological polar surface area (TPSA) is 55.4 Å². The van der Waals surface area contributed by atoms with Gasteiger partial charge < -0.3 is 10.1 Å². The second-order valence-corrected chi connectivity index (χ2v) is 4.38. The molecule has 1 rings (SSSR count). The van der Waals surface area contributed by atoms with Crippen molar-refractivity contribution in [2.75, 3.05) is 6.61 Å². The molecule has 1 aromatic rings. The Kier molecular flexibility index (Phi) is 6.43. The van der Waals surface area contributed by atoms with Gasteiger partial charge in [-0.15, -0.1) is 0 Å². The minimum Gasteiger partial charge on any atom is -0.464 e. The predicted molar refractivity (Wildman–Crippen MR) is 73.6 cm³/mol. The molecule has 0 saturated carbocycles. The molecule has 0 unspecified atom stereocenters. The standard InChI is InChI=1S/C15H18FNO3/c1-11(16)8-9-20-15(19)14(17-12(2)18)10-13-6-4-3-5-7-13/h3-7,14H,1,8-10H2,2H3,(H,17,18)/t14-/m0/s1. The SMILES string of the molecule is C=C(F)CCOC(=O)[C@H](Cc1ccccc1)NC(C)=O. The fraction of sp³-hybridized carbons (Fsp3) is 0.333. The summed E-state index contributed by atoms with van der Waals surface area (Å²) in [7, 11) is 0. The molecule has 108 valence electrons. The average Bonchev–Trinajstić information content (AvgIpc) is 2.38. The van der Waals surface area contributed by atoms with Gasteiger partial charge in [-0.2, -0.15) is 0 Å². The Balaban J connectivity index is 2.61. The van der Waals surface area contributed by atoms with Crippen LogP contribution in [-0.2, 0) is 20.7 Å². The van der Waals surface area contributed by atoms with Crippen LogP contribution in [0.5, 0.6) is 0 Å². The zero-order valence-corrected chi connectivity index (χ0v) is 11.4. The van der Waals surface area contributed by atoms with E-state index < -0.39 is 17.8 Å². The number of carbonyl (C=O) groups is 2. The van der Waals surface area contributed by atoms with Crippen LogP contribution in [-0.4, -0.2) is 24.5 Å². The van der Waals surface area contributed by atoms with Crippen molar-refractivity contribution in [2.45, 2.75) is 25.8 Å². The minimum atomic E-state index is -0.775. The van der Waals surface area contributed by atoms with Crippen LogP contribution in [0.3, 0.4) is 0 Å². The van der Waals surface area contributed by atoms with Crippen molar-refractivity contribution in [1.82, 2.24) is 5.32 Å². The summed E-state index contributed by atoms with van der Waals surface area (Å²) in [6, 6.07) is 8.48. The number of ether oxygens (including phenoxy) is 1. The Morgan fingerprint density at radius 2 is 2.00 bits per heavy atom. The van der Waals surface area contributed by atoms with E-state index in [2.05, 4.69) is 11.9 Å². The zero-order valence-electron chi connectivity index (χ0n) is 11.4. The Morgan fingerprint density at radius 1 is 1.35 bits per heavy atom.